The SMILES string of the molecule is CCc1cc(-c2nc3c(s2)NCCCC3)ccc1CN. The Bertz CT molecular complexity index is 580. The number of aryl methyl sites for hydroxylation is 2. The number of aromatic nitrogens is 1. The van der Waals surface area contributed by atoms with E-state index in [0.29, 0.717) is 6.54 Å². The Morgan fingerprint density at radius 3 is 3.00 bits per heavy atom. The summed E-state index contributed by atoms with van der Waals surface area (Å²) in [5.74, 6) is 0. The first-order chi connectivity index (χ1) is 9.81. The van der Waals surface area contributed by atoms with E-state index in [9.17, 15) is 0 Å². The van der Waals surface area contributed by atoms with Gasteiger partial charge in [-0.25, -0.2) is 4.98 Å². The number of rotatable bonds is 3. The Morgan fingerprint density at radius 2 is 2.20 bits per heavy atom. The molecule has 3 rings (SSSR count). The van der Waals surface area contributed by atoms with Gasteiger partial charge in [-0.1, -0.05) is 30.4 Å². The van der Waals surface area contributed by atoms with Gasteiger partial charge in [0.1, 0.15) is 10.0 Å². The highest BCUT2D eigenvalue weighted by molar-refractivity contribution is 7.19. The van der Waals surface area contributed by atoms with Gasteiger partial charge in [-0.3, -0.25) is 0 Å². The molecule has 0 atom stereocenters. The van der Waals surface area contributed by atoms with E-state index in [2.05, 4.69) is 30.4 Å². The summed E-state index contributed by atoms with van der Waals surface area (Å²) in [6, 6.07) is 6.55. The van der Waals surface area contributed by atoms with E-state index in [0.717, 1.165) is 24.4 Å². The van der Waals surface area contributed by atoms with Gasteiger partial charge in [0.25, 0.3) is 0 Å². The van der Waals surface area contributed by atoms with Crippen LogP contribution in [0.5, 0.6) is 0 Å². The van der Waals surface area contributed by atoms with E-state index in [1.807, 2.05) is 0 Å². The highest BCUT2D eigenvalue weighted by Crippen LogP contribution is 2.35. The molecule has 0 spiro atoms. The molecule has 0 fully saturated rings. The normalized spacial score (nSPS) is 14.5. The lowest BCUT2D eigenvalue weighted by molar-refractivity contribution is 0.775. The summed E-state index contributed by atoms with van der Waals surface area (Å²) in [7, 11) is 0. The van der Waals surface area contributed by atoms with E-state index in [1.165, 1.54) is 40.2 Å². The quantitative estimate of drug-likeness (QED) is 0.907. The highest BCUT2D eigenvalue weighted by atomic mass is 32.1. The zero-order chi connectivity index (χ0) is 13.9. The fourth-order valence-corrected chi connectivity index (χ4v) is 3.72. The number of thiazole rings is 1. The number of benzene rings is 1. The summed E-state index contributed by atoms with van der Waals surface area (Å²) in [5, 5.41) is 5.89. The van der Waals surface area contributed by atoms with Crippen molar-refractivity contribution in [1.29, 1.82) is 0 Å². The maximum atomic E-state index is 5.79. The van der Waals surface area contributed by atoms with Gasteiger partial charge in [0.15, 0.2) is 0 Å². The van der Waals surface area contributed by atoms with Gasteiger partial charge >= 0.3 is 0 Å². The molecule has 2 heterocycles. The first-order valence-corrected chi connectivity index (χ1v) is 8.19. The molecule has 0 bridgehead atoms. The van der Waals surface area contributed by atoms with Gasteiger partial charge in [-0.15, -0.1) is 0 Å². The molecule has 0 unspecified atom stereocenters. The van der Waals surface area contributed by atoms with Crippen molar-refractivity contribution < 1.29 is 0 Å². The molecule has 106 valence electrons. The average molecular weight is 287 g/mol. The predicted octanol–water partition coefficient (Wildman–Crippen LogP) is 3.58. The number of fused-ring (bicyclic) bond motifs is 1. The molecule has 2 aromatic rings. The first-order valence-electron chi connectivity index (χ1n) is 7.37. The van der Waals surface area contributed by atoms with Crippen LogP contribution in [0, 0.1) is 0 Å². The maximum absolute atomic E-state index is 5.79. The molecule has 0 saturated heterocycles. The fourth-order valence-electron chi connectivity index (χ4n) is 2.69. The average Bonchev–Trinajstić information content (AvgIpc) is 2.77. The lowest BCUT2D eigenvalue weighted by Crippen LogP contribution is -2.01. The first kappa shape index (κ1) is 13.6. The third-order valence-corrected chi connectivity index (χ3v) is 4.98. The van der Waals surface area contributed by atoms with Crippen LogP contribution >= 0.6 is 11.3 Å². The van der Waals surface area contributed by atoms with Crippen LogP contribution in [0.1, 0.15) is 36.6 Å². The van der Waals surface area contributed by atoms with Crippen LogP contribution in [-0.2, 0) is 19.4 Å². The third-order valence-electron chi connectivity index (χ3n) is 3.88. The number of nitrogens with one attached hydrogen (secondary N) is 1. The van der Waals surface area contributed by atoms with Crippen molar-refractivity contribution in [2.24, 2.45) is 5.73 Å². The largest absolute Gasteiger partial charge is 0.375 e. The maximum Gasteiger partial charge on any atom is 0.125 e. The second kappa shape index (κ2) is 5.94. The van der Waals surface area contributed by atoms with Gasteiger partial charge in [0.05, 0.1) is 5.69 Å². The molecule has 20 heavy (non-hydrogen) atoms. The van der Waals surface area contributed by atoms with E-state index in [4.69, 9.17) is 10.7 Å². The Morgan fingerprint density at radius 1 is 1.30 bits per heavy atom. The summed E-state index contributed by atoms with van der Waals surface area (Å²) >= 11 is 1.78. The van der Waals surface area contributed by atoms with Crippen molar-refractivity contribution in [2.45, 2.75) is 39.2 Å². The van der Waals surface area contributed by atoms with E-state index >= 15 is 0 Å². The molecule has 0 radical (unpaired) electrons. The molecular weight excluding hydrogens is 266 g/mol. The third kappa shape index (κ3) is 2.58. The van der Waals surface area contributed by atoms with Gasteiger partial charge < -0.3 is 11.1 Å². The zero-order valence-electron chi connectivity index (χ0n) is 11.9. The molecule has 1 aromatic heterocycles. The molecule has 0 saturated carbocycles. The lowest BCUT2D eigenvalue weighted by Gasteiger charge is -2.07. The van der Waals surface area contributed by atoms with Crippen molar-refractivity contribution in [3.63, 3.8) is 0 Å². The predicted molar refractivity (Wildman–Crippen MR) is 86.2 cm³/mol. The summed E-state index contributed by atoms with van der Waals surface area (Å²) in [6.45, 7) is 3.86. The van der Waals surface area contributed by atoms with Gasteiger partial charge in [-0.2, -0.15) is 0 Å². The summed E-state index contributed by atoms with van der Waals surface area (Å²) in [6.07, 6.45) is 4.59. The Labute approximate surface area is 124 Å². The molecule has 0 aliphatic carbocycles. The number of anilines is 1. The molecular formula is C16H21N3S. The molecule has 4 heteroatoms. The van der Waals surface area contributed by atoms with Crippen LogP contribution in [0.25, 0.3) is 10.6 Å². The minimum Gasteiger partial charge on any atom is -0.375 e. The van der Waals surface area contributed by atoms with Crippen LogP contribution in [-0.4, -0.2) is 11.5 Å². The minimum atomic E-state index is 0.610. The smallest absolute Gasteiger partial charge is 0.125 e. The topological polar surface area (TPSA) is 50.9 Å². The second-order valence-corrected chi connectivity index (χ2v) is 6.22. The number of hydrogen-bond donors (Lipinski definition) is 2. The van der Waals surface area contributed by atoms with Gasteiger partial charge in [-0.05, 0) is 42.9 Å². The molecule has 1 aliphatic rings. The summed E-state index contributed by atoms with van der Waals surface area (Å²) < 4.78 is 0. The Balaban J connectivity index is 1.97. The van der Waals surface area contributed by atoms with Crippen LogP contribution < -0.4 is 11.1 Å². The van der Waals surface area contributed by atoms with Crippen molar-refractivity contribution >= 4 is 16.3 Å². The number of nitrogens with zero attached hydrogens (tertiary/aromatic N) is 1. The Hall–Kier alpha value is -1.39. The molecule has 1 aromatic carbocycles. The molecule has 1 aliphatic heterocycles. The summed E-state index contributed by atoms with van der Waals surface area (Å²) in [5.41, 5.74) is 10.8. The van der Waals surface area contributed by atoms with Crippen molar-refractivity contribution in [2.75, 3.05) is 11.9 Å². The molecule has 3 N–H and O–H groups in total. The minimum absolute atomic E-state index is 0.610. The van der Waals surface area contributed by atoms with E-state index in [-0.39, 0.29) is 0 Å². The Kier molecular flexibility index (Phi) is 4.03. The summed E-state index contributed by atoms with van der Waals surface area (Å²) in [4.78, 5) is 4.84. The van der Waals surface area contributed by atoms with Crippen LogP contribution in [0.15, 0.2) is 18.2 Å². The number of nitrogens with two attached hydrogens (primary N) is 1. The van der Waals surface area contributed by atoms with Crippen LogP contribution in [0.2, 0.25) is 0 Å². The fraction of sp³-hybridized carbons (Fsp3) is 0.438. The van der Waals surface area contributed by atoms with Crippen LogP contribution in [0.4, 0.5) is 5.00 Å². The second-order valence-electron chi connectivity index (χ2n) is 5.22. The lowest BCUT2D eigenvalue weighted by atomic mass is 10.0. The number of hydrogen-bond acceptors (Lipinski definition) is 4. The monoisotopic (exact) mass is 287 g/mol. The van der Waals surface area contributed by atoms with Gasteiger partial charge in [0, 0.05) is 18.7 Å². The van der Waals surface area contributed by atoms with E-state index in [1.54, 1.807) is 11.3 Å². The van der Waals surface area contributed by atoms with Gasteiger partial charge in [0.2, 0.25) is 0 Å². The standard InChI is InChI=1S/C16H21N3S/c1-2-11-9-12(6-7-13(11)10-17)15-19-14-5-3-4-8-18-16(14)20-15/h6-7,9,18H,2-5,8,10,17H2,1H3. The highest BCUT2D eigenvalue weighted by Gasteiger charge is 2.15. The molecule has 0 amide bonds. The van der Waals surface area contributed by atoms with Crippen LogP contribution in [0.3, 0.4) is 0 Å². The van der Waals surface area contributed by atoms with E-state index < -0.39 is 0 Å². The molecule has 3 nitrogen and oxygen atoms in total. The van der Waals surface area contributed by atoms with Crippen molar-refractivity contribution in [1.82, 2.24) is 4.98 Å². The van der Waals surface area contributed by atoms with Crippen molar-refractivity contribution in [3.05, 3.63) is 35.0 Å². The zero-order valence-corrected chi connectivity index (χ0v) is 12.7. The van der Waals surface area contributed by atoms with Crippen molar-refractivity contribution in [3.8, 4) is 10.6 Å².